The second kappa shape index (κ2) is 5.65. The molecule has 0 unspecified atom stereocenters. The van der Waals surface area contributed by atoms with E-state index in [4.69, 9.17) is 11.6 Å². The van der Waals surface area contributed by atoms with Gasteiger partial charge in [-0.2, -0.15) is 0 Å². The van der Waals surface area contributed by atoms with Crippen molar-refractivity contribution < 1.29 is 14.7 Å². The summed E-state index contributed by atoms with van der Waals surface area (Å²) in [5, 5.41) is 9.70. The highest BCUT2D eigenvalue weighted by Crippen LogP contribution is 2.22. The van der Waals surface area contributed by atoms with Crippen molar-refractivity contribution in [3.8, 4) is 0 Å². The van der Waals surface area contributed by atoms with E-state index in [0.717, 1.165) is 12.8 Å². The molecule has 1 saturated heterocycles. The van der Waals surface area contributed by atoms with E-state index in [1.165, 1.54) is 4.90 Å². The fraction of sp³-hybridized carbons (Fsp3) is 0.538. The summed E-state index contributed by atoms with van der Waals surface area (Å²) >= 11 is 5.92. The third-order valence-electron chi connectivity index (χ3n) is 3.47. The molecule has 2 rings (SSSR count). The molecule has 5 nitrogen and oxygen atoms in total. The van der Waals surface area contributed by atoms with Crippen LogP contribution in [0.5, 0.6) is 0 Å². The van der Waals surface area contributed by atoms with Gasteiger partial charge in [-0.25, -0.2) is 4.79 Å². The van der Waals surface area contributed by atoms with E-state index in [1.54, 1.807) is 16.8 Å². The van der Waals surface area contributed by atoms with Crippen LogP contribution in [0.4, 0.5) is 0 Å². The number of halogens is 1. The molecule has 0 saturated carbocycles. The Kier molecular flexibility index (Phi) is 4.14. The normalized spacial score (nSPS) is 19.5. The Morgan fingerprint density at radius 3 is 2.84 bits per heavy atom. The molecule has 1 atom stereocenters. The van der Waals surface area contributed by atoms with Gasteiger partial charge < -0.3 is 14.6 Å². The zero-order valence-corrected chi connectivity index (χ0v) is 11.6. The molecule has 2 heterocycles. The summed E-state index contributed by atoms with van der Waals surface area (Å²) in [6, 6.07) is 0.876. The Morgan fingerprint density at radius 1 is 1.47 bits per heavy atom. The van der Waals surface area contributed by atoms with E-state index in [9.17, 15) is 14.7 Å². The molecule has 104 valence electrons. The number of aryl methyl sites for hydroxylation is 1. The van der Waals surface area contributed by atoms with Crippen LogP contribution in [0.1, 0.15) is 36.7 Å². The quantitative estimate of drug-likeness (QED) is 0.926. The molecule has 1 N–H and O–H groups in total. The monoisotopic (exact) mass is 284 g/mol. The number of aliphatic carboxylic acids is 1. The van der Waals surface area contributed by atoms with Gasteiger partial charge >= 0.3 is 5.97 Å². The van der Waals surface area contributed by atoms with Crippen LogP contribution < -0.4 is 0 Å². The SMILES string of the molecule is CCn1cc(Cl)cc1C(=O)N1CCCC[C@@H]1C(=O)O. The minimum absolute atomic E-state index is 0.249. The van der Waals surface area contributed by atoms with E-state index in [0.29, 0.717) is 30.2 Å². The number of carbonyl (C=O) groups is 2. The van der Waals surface area contributed by atoms with Gasteiger partial charge in [0, 0.05) is 19.3 Å². The van der Waals surface area contributed by atoms with Crippen molar-refractivity contribution in [1.82, 2.24) is 9.47 Å². The average molecular weight is 285 g/mol. The summed E-state index contributed by atoms with van der Waals surface area (Å²) in [6.45, 7) is 3.03. The topological polar surface area (TPSA) is 62.5 Å². The predicted molar refractivity (Wildman–Crippen MR) is 71.4 cm³/mol. The summed E-state index contributed by atoms with van der Waals surface area (Å²) in [5.74, 6) is -1.19. The molecule has 19 heavy (non-hydrogen) atoms. The fourth-order valence-corrected chi connectivity index (χ4v) is 2.72. The summed E-state index contributed by atoms with van der Waals surface area (Å²) < 4.78 is 1.75. The highest BCUT2D eigenvalue weighted by molar-refractivity contribution is 6.31. The molecule has 0 bridgehead atoms. The van der Waals surface area contributed by atoms with Gasteiger partial charge in [0.1, 0.15) is 11.7 Å². The van der Waals surface area contributed by atoms with Crippen molar-refractivity contribution >= 4 is 23.5 Å². The lowest BCUT2D eigenvalue weighted by Crippen LogP contribution is -2.48. The molecule has 0 radical (unpaired) electrons. The Balaban J connectivity index is 2.28. The first-order chi connectivity index (χ1) is 9.04. The summed E-state index contributed by atoms with van der Waals surface area (Å²) in [7, 11) is 0. The maximum Gasteiger partial charge on any atom is 0.326 e. The number of likely N-dealkylation sites (tertiary alicyclic amines) is 1. The van der Waals surface area contributed by atoms with Gasteiger partial charge in [-0.3, -0.25) is 4.79 Å². The molecule has 1 aromatic rings. The van der Waals surface area contributed by atoms with Crippen molar-refractivity contribution in [3.63, 3.8) is 0 Å². The molecule has 1 aliphatic heterocycles. The van der Waals surface area contributed by atoms with Gasteiger partial charge in [0.25, 0.3) is 5.91 Å². The van der Waals surface area contributed by atoms with E-state index < -0.39 is 12.0 Å². The summed E-state index contributed by atoms with van der Waals surface area (Å²) in [6.07, 6.45) is 3.89. The van der Waals surface area contributed by atoms with E-state index in [2.05, 4.69) is 0 Å². The van der Waals surface area contributed by atoms with Crippen molar-refractivity contribution in [3.05, 3.63) is 23.0 Å². The maximum absolute atomic E-state index is 12.5. The minimum atomic E-state index is -0.936. The second-order valence-corrected chi connectivity index (χ2v) is 5.11. The largest absolute Gasteiger partial charge is 0.480 e. The van der Waals surface area contributed by atoms with Crippen molar-refractivity contribution in [2.24, 2.45) is 0 Å². The zero-order chi connectivity index (χ0) is 14.0. The van der Waals surface area contributed by atoms with E-state index in [1.807, 2.05) is 6.92 Å². The van der Waals surface area contributed by atoms with Crippen LogP contribution in [0.15, 0.2) is 12.3 Å². The predicted octanol–water partition coefficient (Wildman–Crippen LogP) is 2.24. The van der Waals surface area contributed by atoms with Gasteiger partial charge in [0.15, 0.2) is 0 Å². The number of nitrogens with zero attached hydrogens (tertiary/aromatic N) is 2. The van der Waals surface area contributed by atoms with Crippen LogP contribution in [0, 0.1) is 0 Å². The Bertz CT molecular complexity index is 498. The molecular formula is C13H17ClN2O3. The van der Waals surface area contributed by atoms with Crippen molar-refractivity contribution in [2.45, 2.75) is 38.8 Å². The second-order valence-electron chi connectivity index (χ2n) is 4.68. The highest BCUT2D eigenvalue weighted by Gasteiger charge is 2.33. The Morgan fingerprint density at radius 2 is 2.21 bits per heavy atom. The third-order valence-corrected chi connectivity index (χ3v) is 3.68. The van der Waals surface area contributed by atoms with E-state index >= 15 is 0 Å². The molecule has 1 fully saturated rings. The van der Waals surface area contributed by atoms with Gasteiger partial charge in [-0.15, -0.1) is 0 Å². The standard InChI is InChI=1S/C13H17ClN2O3/c1-2-15-8-9(14)7-11(15)12(17)16-6-4-3-5-10(16)13(18)19/h7-8,10H,2-6H2,1H3,(H,18,19)/t10-/m1/s1. The Labute approximate surface area is 116 Å². The summed E-state index contributed by atoms with van der Waals surface area (Å²) in [5.41, 5.74) is 0.459. The van der Waals surface area contributed by atoms with Crippen molar-refractivity contribution in [2.75, 3.05) is 6.54 Å². The van der Waals surface area contributed by atoms with Crippen LogP contribution in [-0.2, 0) is 11.3 Å². The molecule has 0 spiro atoms. The highest BCUT2D eigenvalue weighted by atomic mass is 35.5. The average Bonchev–Trinajstić information content (AvgIpc) is 2.79. The number of piperidine rings is 1. The fourth-order valence-electron chi connectivity index (χ4n) is 2.49. The first kappa shape index (κ1) is 13.9. The molecule has 0 aromatic carbocycles. The van der Waals surface area contributed by atoms with Crippen LogP contribution >= 0.6 is 11.6 Å². The van der Waals surface area contributed by atoms with Crippen LogP contribution in [-0.4, -0.2) is 39.0 Å². The number of hydrogen-bond donors (Lipinski definition) is 1. The van der Waals surface area contributed by atoms with E-state index in [-0.39, 0.29) is 5.91 Å². The smallest absolute Gasteiger partial charge is 0.326 e. The van der Waals surface area contributed by atoms with Crippen LogP contribution in [0.3, 0.4) is 0 Å². The van der Waals surface area contributed by atoms with Gasteiger partial charge in [-0.1, -0.05) is 11.6 Å². The number of carboxylic acids is 1. The van der Waals surface area contributed by atoms with Crippen molar-refractivity contribution in [1.29, 1.82) is 0 Å². The molecule has 1 aliphatic rings. The van der Waals surface area contributed by atoms with Crippen LogP contribution in [0.25, 0.3) is 0 Å². The number of aromatic nitrogens is 1. The molecular weight excluding hydrogens is 268 g/mol. The Hall–Kier alpha value is -1.49. The van der Waals surface area contributed by atoms with Gasteiger partial charge in [0.05, 0.1) is 5.02 Å². The third kappa shape index (κ3) is 2.76. The molecule has 1 aromatic heterocycles. The lowest BCUT2D eigenvalue weighted by Gasteiger charge is -2.33. The first-order valence-electron chi connectivity index (χ1n) is 6.44. The van der Waals surface area contributed by atoms with Gasteiger partial charge in [0.2, 0.25) is 0 Å². The number of rotatable bonds is 3. The first-order valence-corrected chi connectivity index (χ1v) is 6.81. The zero-order valence-electron chi connectivity index (χ0n) is 10.8. The molecule has 6 heteroatoms. The number of hydrogen-bond acceptors (Lipinski definition) is 2. The molecule has 0 aliphatic carbocycles. The number of amides is 1. The lowest BCUT2D eigenvalue weighted by atomic mass is 10.0. The van der Waals surface area contributed by atoms with Crippen LogP contribution in [0.2, 0.25) is 5.02 Å². The molecule has 1 amide bonds. The number of carbonyl (C=O) groups excluding carboxylic acids is 1. The summed E-state index contributed by atoms with van der Waals surface area (Å²) in [4.78, 5) is 25.2. The number of carboxylic acid groups (broad SMARTS) is 1. The maximum atomic E-state index is 12.5. The lowest BCUT2D eigenvalue weighted by molar-refractivity contribution is -0.143. The minimum Gasteiger partial charge on any atom is -0.480 e. The van der Waals surface area contributed by atoms with Gasteiger partial charge in [-0.05, 0) is 32.3 Å².